The quantitative estimate of drug-likeness (QED) is 0.738. The molecule has 14 heavy (non-hydrogen) atoms. The standard InChI is InChI=1S/C10H14N2O2/c1-7(2)10(13)14-6-8-3-4-12-9(11)5-8/h3-5,7H,6H2,1-2H3,(H2,11,12). The molecule has 0 fully saturated rings. The summed E-state index contributed by atoms with van der Waals surface area (Å²) in [6, 6.07) is 3.46. The van der Waals surface area contributed by atoms with Crippen LogP contribution in [0.5, 0.6) is 0 Å². The van der Waals surface area contributed by atoms with E-state index in [9.17, 15) is 4.79 Å². The first-order chi connectivity index (χ1) is 6.59. The van der Waals surface area contributed by atoms with E-state index in [0.717, 1.165) is 5.56 Å². The number of pyridine rings is 1. The van der Waals surface area contributed by atoms with E-state index in [4.69, 9.17) is 10.5 Å². The van der Waals surface area contributed by atoms with Crippen LogP contribution >= 0.6 is 0 Å². The summed E-state index contributed by atoms with van der Waals surface area (Å²) in [6.45, 7) is 3.84. The molecule has 0 radical (unpaired) electrons. The van der Waals surface area contributed by atoms with E-state index in [1.807, 2.05) is 0 Å². The van der Waals surface area contributed by atoms with Gasteiger partial charge < -0.3 is 10.5 Å². The van der Waals surface area contributed by atoms with Crippen LogP contribution in [0.4, 0.5) is 5.82 Å². The second-order valence-corrected chi connectivity index (χ2v) is 3.35. The average molecular weight is 194 g/mol. The zero-order valence-electron chi connectivity index (χ0n) is 8.36. The van der Waals surface area contributed by atoms with E-state index in [1.54, 1.807) is 32.2 Å². The number of carbonyl (C=O) groups excluding carboxylic acids is 1. The van der Waals surface area contributed by atoms with Gasteiger partial charge in [-0.25, -0.2) is 4.98 Å². The molecule has 0 unspecified atom stereocenters. The van der Waals surface area contributed by atoms with Gasteiger partial charge in [-0.05, 0) is 17.7 Å². The highest BCUT2D eigenvalue weighted by atomic mass is 16.5. The Labute approximate surface area is 83.1 Å². The lowest BCUT2D eigenvalue weighted by Gasteiger charge is -2.06. The zero-order valence-corrected chi connectivity index (χ0v) is 8.36. The maximum Gasteiger partial charge on any atom is 0.308 e. The third kappa shape index (κ3) is 3.05. The average Bonchev–Trinajstić information content (AvgIpc) is 2.14. The highest BCUT2D eigenvalue weighted by Crippen LogP contribution is 2.06. The number of rotatable bonds is 3. The van der Waals surface area contributed by atoms with Gasteiger partial charge in [-0.15, -0.1) is 0 Å². The van der Waals surface area contributed by atoms with Crippen molar-refractivity contribution in [2.45, 2.75) is 20.5 Å². The van der Waals surface area contributed by atoms with Crippen molar-refractivity contribution < 1.29 is 9.53 Å². The Kier molecular flexibility index (Phi) is 3.45. The Hall–Kier alpha value is -1.58. The van der Waals surface area contributed by atoms with E-state index < -0.39 is 0 Å². The Morgan fingerprint density at radius 2 is 2.36 bits per heavy atom. The summed E-state index contributed by atoms with van der Waals surface area (Å²) in [6.07, 6.45) is 1.59. The first kappa shape index (κ1) is 10.5. The number of esters is 1. The SMILES string of the molecule is CC(C)C(=O)OCc1ccnc(N)c1. The summed E-state index contributed by atoms with van der Waals surface area (Å²) >= 11 is 0. The Morgan fingerprint density at radius 1 is 1.64 bits per heavy atom. The minimum absolute atomic E-state index is 0.103. The van der Waals surface area contributed by atoms with E-state index in [-0.39, 0.29) is 18.5 Å². The van der Waals surface area contributed by atoms with Gasteiger partial charge in [0.05, 0.1) is 5.92 Å². The molecular weight excluding hydrogens is 180 g/mol. The smallest absolute Gasteiger partial charge is 0.308 e. The van der Waals surface area contributed by atoms with Crippen LogP contribution in [-0.4, -0.2) is 11.0 Å². The maximum absolute atomic E-state index is 11.1. The Balaban J connectivity index is 2.50. The fraction of sp³-hybridized carbons (Fsp3) is 0.400. The van der Waals surface area contributed by atoms with Crippen LogP contribution in [0.3, 0.4) is 0 Å². The molecule has 0 saturated heterocycles. The number of anilines is 1. The van der Waals surface area contributed by atoms with Gasteiger partial charge in [-0.2, -0.15) is 0 Å². The molecular formula is C10H14N2O2. The van der Waals surface area contributed by atoms with Gasteiger partial charge in [-0.1, -0.05) is 13.8 Å². The van der Waals surface area contributed by atoms with Gasteiger partial charge in [0.2, 0.25) is 0 Å². The number of hydrogen-bond acceptors (Lipinski definition) is 4. The number of aromatic nitrogens is 1. The van der Waals surface area contributed by atoms with Crippen molar-refractivity contribution in [3.05, 3.63) is 23.9 Å². The van der Waals surface area contributed by atoms with Gasteiger partial charge >= 0.3 is 5.97 Å². The van der Waals surface area contributed by atoms with Crippen LogP contribution < -0.4 is 5.73 Å². The molecule has 2 N–H and O–H groups in total. The first-order valence-electron chi connectivity index (χ1n) is 4.46. The molecule has 1 heterocycles. The lowest BCUT2D eigenvalue weighted by Crippen LogP contribution is -2.11. The number of hydrogen-bond donors (Lipinski definition) is 1. The molecule has 4 nitrogen and oxygen atoms in total. The molecule has 0 aliphatic heterocycles. The Morgan fingerprint density at radius 3 is 2.93 bits per heavy atom. The van der Waals surface area contributed by atoms with Crippen LogP contribution in [0.25, 0.3) is 0 Å². The molecule has 0 aliphatic rings. The fourth-order valence-corrected chi connectivity index (χ4v) is 0.905. The van der Waals surface area contributed by atoms with Gasteiger partial charge in [0.25, 0.3) is 0 Å². The highest BCUT2D eigenvalue weighted by Gasteiger charge is 2.07. The molecule has 0 atom stereocenters. The third-order valence-electron chi connectivity index (χ3n) is 1.70. The van der Waals surface area contributed by atoms with Crippen molar-refractivity contribution in [2.24, 2.45) is 5.92 Å². The summed E-state index contributed by atoms with van der Waals surface area (Å²) in [5.74, 6) is 0.123. The lowest BCUT2D eigenvalue weighted by molar-refractivity contribution is -0.148. The van der Waals surface area contributed by atoms with Crippen LogP contribution in [0.15, 0.2) is 18.3 Å². The summed E-state index contributed by atoms with van der Waals surface area (Å²) < 4.78 is 5.02. The van der Waals surface area contributed by atoms with Crippen molar-refractivity contribution in [3.8, 4) is 0 Å². The predicted octanol–water partition coefficient (Wildman–Crippen LogP) is 1.36. The largest absolute Gasteiger partial charge is 0.461 e. The highest BCUT2D eigenvalue weighted by molar-refractivity contribution is 5.71. The molecule has 1 rings (SSSR count). The molecule has 0 aliphatic carbocycles. The van der Waals surface area contributed by atoms with Crippen molar-refractivity contribution in [1.29, 1.82) is 0 Å². The van der Waals surface area contributed by atoms with Crippen molar-refractivity contribution in [2.75, 3.05) is 5.73 Å². The summed E-state index contributed by atoms with van der Waals surface area (Å²) in [5.41, 5.74) is 6.33. The zero-order chi connectivity index (χ0) is 10.6. The van der Waals surface area contributed by atoms with Gasteiger partial charge in [0.15, 0.2) is 0 Å². The molecule has 1 aromatic rings. The lowest BCUT2D eigenvalue weighted by atomic mass is 10.2. The van der Waals surface area contributed by atoms with Crippen LogP contribution in [0.2, 0.25) is 0 Å². The van der Waals surface area contributed by atoms with Gasteiger partial charge in [-0.3, -0.25) is 4.79 Å². The molecule has 0 bridgehead atoms. The molecule has 4 heteroatoms. The monoisotopic (exact) mass is 194 g/mol. The second-order valence-electron chi connectivity index (χ2n) is 3.35. The number of nitrogen functional groups attached to an aromatic ring is 1. The van der Waals surface area contributed by atoms with Crippen LogP contribution in [0, 0.1) is 5.92 Å². The molecule has 0 spiro atoms. The summed E-state index contributed by atoms with van der Waals surface area (Å²) in [4.78, 5) is 15.0. The van der Waals surface area contributed by atoms with Crippen LogP contribution in [-0.2, 0) is 16.1 Å². The number of nitrogens with two attached hydrogens (primary N) is 1. The number of ether oxygens (including phenoxy) is 1. The number of carbonyl (C=O) groups is 1. The fourth-order valence-electron chi connectivity index (χ4n) is 0.905. The van der Waals surface area contributed by atoms with E-state index in [1.165, 1.54) is 0 Å². The van der Waals surface area contributed by atoms with Gasteiger partial charge in [0, 0.05) is 6.20 Å². The van der Waals surface area contributed by atoms with Crippen molar-refractivity contribution in [3.63, 3.8) is 0 Å². The maximum atomic E-state index is 11.1. The van der Waals surface area contributed by atoms with E-state index >= 15 is 0 Å². The van der Waals surface area contributed by atoms with Crippen molar-refractivity contribution >= 4 is 11.8 Å². The summed E-state index contributed by atoms with van der Waals surface area (Å²) in [5, 5.41) is 0. The molecule has 76 valence electrons. The first-order valence-corrected chi connectivity index (χ1v) is 4.46. The molecule has 1 aromatic heterocycles. The summed E-state index contributed by atoms with van der Waals surface area (Å²) in [7, 11) is 0. The van der Waals surface area contributed by atoms with E-state index in [2.05, 4.69) is 4.98 Å². The van der Waals surface area contributed by atoms with E-state index in [0.29, 0.717) is 5.82 Å². The second kappa shape index (κ2) is 4.60. The molecule has 0 saturated carbocycles. The normalized spacial score (nSPS) is 10.2. The third-order valence-corrected chi connectivity index (χ3v) is 1.70. The minimum Gasteiger partial charge on any atom is -0.461 e. The van der Waals surface area contributed by atoms with Crippen molar-refractivity contribution in [1.82, 2.24) is 4.98 Å². The molecule has 0 aromatic carbocycles. The van der Waals surface area contributed by atoms with Crippen LogP contribution in [0.1, 0.15) is 19.4 Å². The minimum atomic E-state index is -0.208. The predicted molar refractivity (Wildman–Crippen MR) is 53.3 cm³/mol. The Bertz CT molecular complexity index is 324. The van der Waals surface area contributed by atoms with Gasteiger partial charge in [0.1, 0.15) is 12.4 Å². The molecule has 0 amide bonds. The topological polar surface area (TPSA) is 65.2 Å². The number of nitrogens with zero attached hydrogens (tertiary/aromatic N) is 1.